The topological polar surface area (TPSA) is 104 Å². The van der Waals surface area contributed by atoms with E-state index in [1.54, 1.807) is 0 Å². The van der Waals surface area contributed by atoms with Crippen LogP contribution in [-0.2, 0) is 32.1 Å². The molecule has 0 spiro atoms. The number of ether oxygens (including phenoxy) is 1. The summed E-state index contributed by atoms with van der Waals surface area (Å²) in [6.45, 7) is 9.47. The lowest BCUT2D eigenvalue weighted by Gasteiger charge is -2.31. The highest BCUT2D eigenvalue weighted by atomic mass is 32.2. The molecule has 0 radical (unpaired) electrons. The van der Waals surface area contributed by atoms with Crippen LogP contribution in [-0.4, -0.2) is 42.5 Å². The maximum absolute atomic E-state index is 13.3. The van der Waals surface area contributed by atoms with Gasteiger partial charge in [0.2, 0.25) is 0 Å². The number of aliphatic hydroxyl groups excluding tert-OH is 1. The van der Waals surface area contributed by atoms with Crippen molar-refractivity contribution in [2.45, 2.75) is 64.0 Å². The fraction of sp³-hybridized carbons (Fsp3) is 0.632. The Labute approximate surface area is 164 Å². The van der Waals surface area contributed by atoms with Gasteiger partial charge in [-0.2, -0.15) is 8.78 Å². The molecule has 0 fully saturated rings. The second-order valence-electron chi connectivity index (χ2n) is 8.69. The van der Waals surface area contributed by atoms with Gasteiger partial charge in [-0.25, -0.2) is 13.2 Å². The minimum Gasteiger partial charge on any atom is -0.743 e. The number of aliphatic hydroxyl groups is 1. The van der Waals surface area contributed by atoms with Gasteiger partial charge < -0.3 is 14.4 Å². The summed E-state index contributed by atoms with van der Waals surface area (Å²) in [7, 11) is -5.95. The van der Waals surface area contributed by atoms with Gasteiger partial charge in [0.1, 0.15) is 0 Å². The van der Waals surface area contributed by atoms with Crippen LogP contribution < -0.4 is 0 Å². The Morgan fingerprint density at radius 3 is 1.82 bits per heavy atom. The quantitative estimate of drug-likeness (QED) is 0.559. The van der Waals surface area contributed by atoms with Crippen LogP contribution in [0.25, 0.3) is 0 Å². The largest absolute Gasteiger partial charge is 0.743 e. The van der Waals surface area contributed by atoms with Crippen LogP contribution in [0.4, 0.5) is 8.78 Å². The van der Waals surface area contributed by atoms with Crippen molar-refractivity contribution in [2.24, 2.45) is 0 Å². The lowest BCUT2D eigenvalue weighted by Crippen LogP contribution is -2.35. The first-order chi connectivity index (χ1) is 12.4. The number of carbonyl (C=O) groups is 1. The summed E-state index contributed by atoms with van der Waals surface area (Å²) in [5.41, 5.74) is 1.45. The molecule has 9 heteroatoms. The van der Waals surface area contributed by atoms with Gasteiger partial charge in [0.25, 0.3) is 0 Å². The van der Waals surface area contributed by atoms with E-state index in [9.17, 15) is 31.7 Å². The zero-order valence-corrected chi connectivity index (χ0v) is 17.7. The van der Waals surface area contributed by atoms with Crippen molar-refractivity contribution in [3.63, 3.8) is 0 Å². The van der Waals surface area contributed by atoms with Gasteiger partial charge in [-0.15, -0.1) is 0 Å². The summed E-state index contributed by atoms with van der Waals surface area (Å²) in [6, 6.07) is 2.98. The Morgan fingerprint density at radius 1 is 1.07 bits per heavy atom. The Morgan fingerprint density at radius 2 is 1.50 bits per heavy atom. The van der Waals surface area contributed by atoms with E-state index in [1.165, 1.54) is 12.1 Å². The molecule has 1 aromatic carbocycles. The number of halogens is 2. The fourth-order valence-corrected chi connectivity index (χ4v) is 3.02. The molecule has 1 aromatic rings. The van der Waals surface area contributed by atoms with Crippen molar-refractivity contribution < 1.29 is 36.4 Å². The number of alkyl halides is 2. The third-order valence-electron chi connectivity index (χ3n) is 4.20. The van der Waals surface area contributed by atoms with E-state index in [0.717, 1.165) is 16.7 Å². The normalized spacial score (nSPS) is 13.5. The Hall–Kier alpha value is -1.58. The third-order valence-corrected chi connectivity index (χ3v) is 5.05. The molecule has 0 bridgehead atoms. The standard InChI is InChI=1S/C19H28F2O6S/c1-17(2,3)14-9-12(10-15(18(4,5)6)13(14)7-8-22)16(23)27-11-19(20,21)28(24,25)26/h9-10,22H,7-8,11H2,1-6H3,(H,24,25,26)/p-1. The van der Waals surface area contributed by atoms with Gasteiger partial charge in [0.05, 0.1) is 5.56 Å². The van der Waals surface area contributed by atoms with Crippen LogP contribution >= 0.6 is 0 Å². The van der Waals surface area contributed by atoms with Gasteiger partial charge in [-0.3, -0.25) is 0 Å². The molecule has 1 rings (SSSR count). The van der Waals surface area contributed by atoms with Gasteiger partial charge >= 0.3 is 11.2 Å². The Bertz CT molecular complexity index is 798. The number of hydrogen-bond acceptors (Lipinski definition) is 6. The molecule has 0 heterocycles. The first-order valence-corrected chi connectivity index (χ1v) is 10.1. The minimum atomic E-state index is -5.95. The summed E-state index contributed by atoms with van der Waals surface area (Å²) < 4.78 is 62.8. The van der Waals surface area contributed by atoms with E-state index >= 15 is 0 Å². The van der Waals surface area contributed by atoms with Crippen molar-refractivity contribution in [1.29, 1.82) is 0 Å². The number of carbonyl (C=O) groups excluding carboxylic acids is 1. The lowest BCUT2D eigenvalue weighted by atomic mass is 9.74. The van der Waals surface area contributed by atoms with E-state index in [-0.39, 0.29) is 12.2 Å². The second-order valence-corrected chi connectivity index (χ2v) is 10.2. The van der Waals surface area contributed by atoms with Crippen LogP contribution in [0.3, 0.4) is 0 Å². The zero-order valence-electron chi connectivity index (χ0n) is 16.9. The van der Waals surface area contributed by atoms with Gasteiger partial charge in [-0.05, 0) is 46.1 Å². The zero-order chi connectivity index (χ0) is 22.1. The number of benzene rings is 1. The predicted molar refractivity (Wildman–Crippen MR) is 99.6 cm³/mol. The van der Waals surface area contributed by atoms with Crippen LogP contribution in [0.1, 0.15) is 68.6 Å². The molecule has 0 atom stereocenters. The third kappa shape index (κ3) is 5.71. The van der Waals surface area contributed by atoms with Crippen LogP contribution in [0, 0.1) is 0 Å². The second kappa shape index (κ2) is 8.04. The van der Waals surface area contributed by atoms with E-state index in [1.807, 2.05) is 41.5 Å². The predicted octanol–water partition coefficient (Wildman–Crippen LogP) is 3.11. The Kier molecular flexibility index (Phi) is 7.02. The molecule has 0 aliphatic heterocycles. The smallest absolute Gasteiger partial charge is 0.367 e. The van der Waals surface area contributed by atoms with E-state index < -0.39 is 38.8 Å². The van der Waals surface area contributed by atoms with Crippen LogP contribution in [0.15, 0.2) is 12.1 Å². The molecule has 0 aliphatic carbocycles. The van der Waals surface area contributed by atoms with Gasteiger partial charge in [0.15, 0.2) is 16.7 Å². The maximum Gasteiger partial charge on any atom is 0.367 e. The SMILES string of the molecule is CC(C)(C)c1cc(C(=O)OCC(F)(F)S(=O)(=O)[O-])cc(C(C)(C)C)c1CCO. The number of rotatable bonds is 6. The van der Waals surface area contributed by atoms with Gasteiger partial charge in [-0.1, -0.05) is 41.5 Å². The molecule has 28 heavy (non-hydrogen) atoms. The molecule has 6 nitrogen and oxygen atoms in total. The summed E-state index contributed by atoms with van der Waals surface area (Å²) in [4.78, 5) is 12.3. The first kappa shape index (κ1) is 24.5. The minimum absolute atomic E-state index is 0.0318. The monoisotopic (exact) mass is 421 g/mol. The van der Waals surface area contributed by atoms with Crippen LogP contribution in [0.5, 0.6) is 0 Å². The summed E-state index contributed by atoms with van der Waals surface area (Å²) in [5.74, 6) is -1.16. The highest BCUT2D eigenvalue weighted by Gasteiger charge is 2.39. The molecule has 0 amide bonds. The summed E-state index contributed by atoms with van der Waals surface area (Å²) in [6.07, 6.45) is 0.348. The maximum atomic E-state index is 13.3. The van der Waals surface area contributed by atoms with Crippen LogP contribution in [0.2, 0.25) is 0 Å². The van der Waals surface area contributed by atoms with Gasteiger partial charge in [0, 0.05) is 6.61 Å². The highest BCUT2D eigenvalue weighted by molar-refractivity contribution is 7.86. The molecule has 0 saturated carbocycles. The molecule has 160 valence electrons. The van der Waals surface area contributed by atoms with Crippen molar-refractivity contribution >= 4 is 16.1 Å². The number of hydrogen-bond donors (Lipinski definition) is 1. The molecular weight excluding hydrogens is 394 g/mol. The lowest BCUT2D eigenvalue weighted by molar-refractivity contribution is -0.00999. The van der Waals surface area contributed by atoms with E-state index in [2.05, 4.69) is 4.74 Å². The first-order valence-electron chi connectivity index (χ1n) is 8.71. The molecule has 0 unspecified atom stereocenters. The average Bonchev–Trinajstić information content (AvgIpc) is 2.49. The summed E-state index contributed by atoms with van der Waals surface area (Å²) >= 11 is 0. The fourth-order valence-electron chi connectivity index (χ4n) is 2.81. The Balaban J connectivity index is 3.46. The van der Waals surface area contributed by atoms with E-state index in [0.29, 0.717) is 6.42 Å². The molecule has 0 saturated heterocycles. The number of esters is 1. The van der Waals surface area contributed by atoms with Crippen molar-refractivity contribution in [2.75, 3.05) is 13.2 Å². The van der Waals surface area contributed by atoms with Crippen molar-refractivity contribution in [3.8, 4) is 0 Å². The molecular formula is C19H27F2O6S-. The molecule has 0 aliphatic rings. The van der Waals surface area contributed by atoms with Crippen molar-refractivity contribution in [3.05, 3.63) is 34.4 Å². The van der Waals surface area contributed by atoms with Crippen molar-refractivity contribution in [1.82, 2.24) is 0 Å². The van der Waals surface area contributed by atoms with E-state index in [4.69, 9.17) is 0 Å². The molecule has 0 aromatic heterocycles. The highest BCUT2D eigenvalue weighted by Crippen LogP contribution is 2.36. The average molecular weight is 421 g/mol. The molecule has 1 N–H and O–H groups in total. The summed E-state index contributed by atoms with van der Waals surface area (Å²) in [5, 5.41) is 4.76.